The van der Waals surface area contributed by atoms with Crippen LogP contribution in [-0.2, 0) is 19.1 Å². The van der Waals surface area contributed by atoms with E-state index in [2.05, 4.69) is 37.8 Å². The Kier molecular flexibility index (Phi) is 6.42. The fourth-order valence-electron chi connectivity index (χ4n) is 6.17. The summed E-state index contributed by atoms with van der Waals surface area (Å²) in [6.45, 7) is 19.6. The van der Waals surface area contributed by atoms with Gasteiger partial charge in [-0.05, 0) is 78.1 Å². The second kappa shape index (κ2) is 8.08. The van der Waals surface area contributed by atoms with Gasteiger partial charge >= 0.3 is 11.9 Å². The molecular formula is C27H45NO5. The Morgan fingerprint density at radius 3 is 2.21 bits per heavy atom. The number of fused-ring (bicyclic) bond motifs is 2. The van der Waals surface area contributed by atoms with E-state index in [1.165, 1.54) is 0 Å². The molecule has 188 valence electrons. The van der Waals surface area contributed by atoms with Crippen LogP contribution < -0.4 is 0 Å². The molecule has 1 N–H and O–H groups in total. The number of carbonyl (C=O) groups is 2. The van der Waals surface area contributed by atoms with Crippen LogP contribution in [0.25, 0.3) is 0 Å². The lowest BCUT2D eigenvalue weighted by molar-refractivity contribution is -0.196. The molecule has 3 rings (SSSR count). The summed E-state index contributed by atoms with van der Waals surface area (Å²) < 4.78 is 12.1. The smallest absolute Gasteiger partial charge is 0.313 e. The zero-order valence-corrected chi connectivity index (χ0v) is 22.2. The van der Waals surface area contributed by atoms with Gasteiger partial charge in [0.25, 0.3) is 0 Å². The second-order valence-electron chi connectivity index (χ2n) is 13.0. The van der Waals surface area contributed by atoms with E-state index in [1.54, 1.807) is 27.7 Å². The highest BCUT2D eigenvalue weighted by Crippen LogP contribution is 2.75. The van der Waals surface area contributed by atoms with Gasteiger partial charge in [0.2, 0.25) is 0 Å². The molecule has 0 aromatic heterocycles. The number of ether oxygens (including phenoxy) is 2. The monoisotopic (exact) mass is 463 g/mol. The quantitative estimate of drug-likeness (QED) is 0.443. The van der Waals surface area contributed by atoms with Gasteiger partial charge in [-0.2, -0.15) is 0 Å². The molecule has 1 aliphatic heterocycles. The van der Waals surface area contributed by atoms with E-state index >= 15 is 0 Å². The number of rotatable bonds is 7. The average molecular weight is 464 g/mol. The van der Waals surface area contributed by atoms with Gasteiger partial charge in [-0.25, -0.2) is 0 Å². The normalized spacial score (nSPS) is 32.1. The largest absolute Gasteiger partial charge is 0.458 e. The van der Waals surface area contributed by atoms with E-state index in [4.69, 9.17) is 9.47 Å². The van der Waals surface area contributed by atoms with Crippen LogP contribution in [0.2, 0.25) is 0 Å². The fourth-order valence-corrected chi connectivity index (χ4v) is 6.17. The minimum atomic E-state index is -1.18. The van der Waals surface area contributed by atoms with Crippen molar-refractivity contribution >= 4 is 11.9 Å². The Morgan fingerprint density at radius 2 is 1.67 bits per heavy atom. The minimum Gasteiger partial charge on any atom is -0.458 e. The van der Waals surface area contributed by atoms with Crippen molar-refractivity contribution in [2.24, 2.45) is 22.2 Å². The first-order chi connectivity index (χ1) is 14.9. The molecule has 2 bridgehead atoms. The molecule has 0 aromatic rings. The molecule has 0 spiro atoms. The zero-order valence-electron chi connectivity index (χ0n) is 22.2. The molecule has 2 fully saturated rings. The highest BCUT2D eigenvalue weighted by molar-refractivity contribution is 5.84. The first kappa shape index (κ1) is 26.2. The highest BCUT2D eigenvalue weighted by atomic mass is 16.6. The summed E-state index contributed by atoms with van der Waals surface area (Å²) >= 11 is 0. The third-order valence-corrected chi connectivity index (χ3v) is 9.64. The van der Waals surface area contributed by atoms with Gasteiger partial charge in [0.1, 0.15) is 11.2 Å². The lowest BCUT2D eigenvalue weighted by atomic mass is 9.64. The Morgan fingerprint density at radius 1 is 1.03 bits per heavy atom. The van der Waals surface area contributed by atoms with Crippen molar-refractivity contribution in [2.45, 2.75) is 105 Å². The predicted octanol–water partition coefficient (Wildman–Crippen LogP) is 4.50. The van der Waals surface area contributed by atoms with Crippen molar-refractivity contribution in [2.75, 3.05) is 19.6 Å². The lowest BCUT2D eigenvalue weighted by Crippen LogP contribution is -2.52. The third-order valence-electron chi connectivity index (χ3n) is 9.64. The molecule has 1 heterocycles. The van der Waals surface area contributed by atoms with Crippen molar-refractivity contribution in [3.8, 4) is 0 Å². The molecule has 33 heavy (non-hydrogen) atoms. The van der Waals surface area contributed by atoms with Gasteiger partial charge in [0.05, 0.1) is 16.9 Å². The molecule has 3 unspecified atom stereocenters. The molecule has 6 nitrogen and oxygen atoms in total. The van der Waals surface area contributed by atoms with E-state index in [0.717, 1.165) is 25.9 Å². The molecule has 2 saturated carbocycles. The Hall–Kier alpha value is -1.40. The second-order valence-corrected chi connectivity index (χ2v) is 13.0. The van der Waals surface area contributed by atoms with Crippen molar-refractivity contribution < 1.29 is 24.2 Å². The number of hydrogen-bond acceptors (Lipinski definition) is 6. The maximum Gasteiger partial charge on any atom is 0.313 e. The average Bonchev–Trinajstić information content (AvgIpc) is 2.97. The van der Waals surface area contributed by atoms with Gasteiger partial charge < -0.3 is 14.6 Å². The first-order valence-electron chi connectivity index (χ1n) is 12.4. The van der Waals surface area contributed by atoms with Gasteiger partial charge in [-0.15, -0.1) is 0 Å². The standard InChI is InChI=1S/C27H45NO5/c1-22(2,18-28-15-11-10-12-16-28)32-20(29)19-17-27(14-13-26(19,9)23(27,3)4)21(30)33-25(7,8)24(5,6)31/h10-11,19,31H,12-18H2,1-9H3. The van der Waals surface area contributed by atoms with E-state index in [-0.39, 0.29) is 23.3 Å². The van der Waals surface area contributed by atoms with Crippen LogP contribution in [0.5, 0.6) is 0 Å². The Bertz CT molecular complexity index is 821. The molecular weight excluding hydrogens is 418 g/mol. The summed E-state index contributed by atoms with van der Waals surface area (Å²) in [6.07, 6.45) is 7.25. The summed E-state index contributed by atoms with van der Waals surface area (Å²) in [5.74, 6) is -0.878. The van der Waals surface area contributed by atoms with Crippen LogP contribution in [0.15, 0.2) is 12.2 Å². The first-order valence-corrected chi connectivity index (χ1v) is 12.4. The van der Waals surface area contributed by atoms with Crippen LogP contribution >= 0.6 is 0 Å². The van der Waals surface area contributed by atoms with Gasteiger partial charge in [-0.1, -0.05) is 32.9 Å². The molecule has 0 saturated heterocycles. The van der Waals surface area contributed by atoms with E-state index < -0.39 is 27.6 Å². The summed E-state index contributed by atoms with van der Waals surface area (Å²) in [5, 5.41) is 10.5. The maximum atomic E-state index is 13.7. The van der Waals surface area contributed by atoms with Gasteiger partial charge in [-0.3, -0.25) is 14.5 Å². The molecule has 6 heteroatoms. The van der Waals surface area contributed by atoms with Crippen LogP contribution in [0.3, 0.4) is 0 Å². The molecule has 2 aliphatic carbocycles. The fraction of sp³-hybridized carbons (Fsp3) is 0.852. The summed E-state index contributed by atoms with van der Waals surface area (Å²) in [4.78, 5) is 29.5. The summed E-state index contributed by atoms with van der Waals surface area (Å²) in [6, 6.07) is 0. The van der Waals surface area contributed by atoms with E-state index in [9.17, 15) is 14.7 Å². The maximum absolute atomic E-state index is 13.7. The number of aliphatic hydroxyl groups is 1. The van der Waals surface area contributed by atoms with Crippen LogP contribution in [0, 0.1) is 22.2 Å². The topological polar surface area (TPSA) is 76.1 Å². The number of hydrogen-bond donors (Lipinski definition) is 1. The van der Waals surface area contributed by atoms with Crippen LogP contribution in [-0.4, -0.2) is 58.4 Å². The van der Waals surface area contributed by atoms with Crippen LogP contribution in [0.4, 0.5) is 0 Å². The lowest BCUT2D eigenvalue weighted by Gasteiger charge is -2.43. The van der Waals surface area contributed by atoms with E-state index in [1.807, 2.05) is 13.8 Å². The summed E-state index contributed by atoms with van der Waals surface area (Å²) in [5.41, 5.74) is -4.39. The Balaban J connectivity index is 1.79. The SMILES string of the molecule is CC(C)(CN1CC=CCC1)OC(=O)C1CC2(C(=O)OC(C)(C)C(C)(C)O)CCC1(C)C2(C)C. The summed E-state index contributed by atoms with van der Waals surface area (Å²) in [7, 11) is 0. The molecule has 3 aliphatic rings. The van der Waals surface area contributed by atoms with Crippen molar-refractivity contribution in [3.63, 3.8) is 0 Å². The Labute approximate surface area is 200 Å². The molecule has 0 aromatic carbocycles. The number of esters is 2. The third kappa shape index (κ3) is 4.27. The van der Waals surface area contributed by atoms with E-state index in [0.29, 0.717) is 19.4 Å². The van der Waals surface area contributed by atoms with Crippen molar-refractivity contribution in [3.05, 3.63) is 12.2 Å². The number of carbonyl (C=O) groups excluding carboxylic acids is 2. The van der Waals surface area contributed by atoms with Crippen molar-refractivity contribution in [1.29, 1.82) is 0 Å². The van der Waals surface area contributed by atoms with Crippen LogP contribution in [0.1, 0.15) is 88.0 Å². The van der Waals surface area contributed by atoms with Crippen molar-refractivity contribution in [1.82, 2.24) is 4.90 Å². The number of nitrogens with zero attached hydrogens (tertiary/aromatic N) is 1. The molecule has 3 atom stereocenters. The van der Waals surface area contributed by atoms with Gasteiger partial charge in [0.15, 0.2) is 0 Å². The minimum absolute atomic E-state index is 0.209. The predicted molar refractivity (Wildman–Crippen MR) is 128 cm³/mol. The van der Waals surface area contributed by atoms with Gasteiger partial charge in [0, 0.05) is 19.6 Å². The molecule has 0 radical (unpaired) electrons. The molecule has 0 amide bonds. The highest BCUT2D eigenvalue weighted by Gasteiger charge is 2.75. The zero-order chi connectivity index (χ0) is 25.1.